The van der Waals surface area contributed by atoms with Crippen LogP contribution in [0.2, 0.25) is 10.0 Å². The molecule has 0 fully saturated rings. The van der Waals surface area contributed by atoms with Crippen LogP contribution < -0.4 is 11.1 Å². The zero-order chi connectivity index (χ0) is 14.5. The van der Waals surface area contributed by atoms with E-state index in [1.54, 1.807) is 24.3 Å². The van der Waals surface area contributed by atoms with E-state index in [1.807, 2.05) is 18.2 Å². The SMILES string of the molecule is Nc1ccccc1SCC(=O)Nc1cc(Cl)ccc1Cl. The second-order valence-corrected chi connectivity index (χ2v) is 5.86. The van der Waals surface area contributed by atoms with Crippen molar-refractivity contribution in [2.75, 3.05) is 16.8 Å². The third-order valence-corrected chi connectivity index (χ3v) is 4.13. The van der Waals surface area contributed by atoms with Crippen molar-refractivity contribution < 1.29 is 4.79 Å². The van der Waals surface area contributed by atoms with Gasteiger partial charge in [0.15, 0.2) is 0 Å². The molecular weight excluding hydrogens is 315 g/mol. The van der Waals surface area contributed by atoms with Crippen LogP contribution in [-0.2, 0) is 4.79 Å². The summed E-state index contributed by atoms with van der Waals surface area (Å²) in [5, 5.41) is 3.69. The smallest absolute Gasteiger partial charge is 0.234 e. The first-order valence-corrected chi connectivity index (χ1v) is 7.52. The number of halogens is 2. The van der Waals surface area contributed by atoms with Crippen molar-refractivity contribution in [3.05, 3.63) is 52.5 Å². The maximum atomic E-state index is 11.9. The summed E-state index contributed by atoms with van der Waals surface area (Å²) in [7, 11) is 0. The van der Waals surface area contributed by atoms with Crippen molar-refractivity contribution in [1.29, 1.82) is 0 Å². The average molecular weight is 327 g/mol. The van der Waals surface area contributed by atoms with Crippen molar-refractivity contribution in [2.45, 2.75) is 4.90 Å². The minimum absolute atomic E-state index is 0.164. The second kappa shape index (κ2) is 6.88. The molecule has 0 heterocycles. The molecule has 6 heteroatoms. The van der Waals surface area contributed by atoms with Gasteiger partial charge >= 0.3 is 0 Å². The molecule has 0 aliphatic carbocycles. The predicted octanol–water partition coefficient (Wildman–Crippen LogP) is 4.31. The quantitative estimate of drug-likeness (QED) is 0.650. The number of rotatable bonds is 4. The Labute approximate surface area is 131 Å². The molecule has 2 rings (SSSR count). The summed E-state index contributed by atoms with van der Waals surface area (Å²) in [5.41, 5.74) is 6.98. The Kier molecular flexibility index (Phi) is 5.17. The molecule has 2 aromatic carbocycles. The number of nitrogens with two attached hydrogens (primary N) is 1. The zero-order valence-corrected chi connectivity index (χ0v) is 12.7. The number of amides is 1. The van der Waals surface area contributed by atoms with Crippen LogP contribution in [0.5, 0.6) is 0 Å². The number of nitrogens with one attached hydrogen (secondary N) is 1. The molecule has 0 bridgehead atoms. The van der Waals surface area contributed by atoms with E-state index < -0.39 is 0 Å². The largest absolute Gasteiger partial charge is 0.398 e. The lowest BCUT2D eigenvalue weighted by Gasteiger charge is -2.08. The highest BCUT2D eigenvalue weighted by atomic mass is 35.5. The van der Waals surface area contributed by atoms with Gasteiger partial charge in [0.1, 0.15) is 0 Å². The van der Waals surface area contributed by atoms with E-state index in [4.69, 9.17) is 28.9 Å². The maximum absolute atomic E-state index is 11.9. The first-order chi connectivity index (χ1) is 9.56. The zero-order valence-electron chi connectivity index (χ0n) is 10.4. The van der Waals surface area contributed by atoms with Crippen LogP contribution in [0.25, 0.3) is 0 Å². The standard InChI is InChI=1S/C14H12Cl2N2OS/c15-9-5-6-10(16)12(7-9)18-14(19)8-20-13-4-2-1-3-11(13)17/h1-7H,8,17H2,(H,18,19). The van der Waals surface area contributed by atoms with Crippen molar-refractivity contribution in [2.24, 2.45) is 0 Å². The van der Waals surface area contributed by atoms with Crippen molar-refractivity contribution in [3.63, 3.8) is 0 Å². The molecule has 104 valence electrons. The highest BCUT2D eigenvalue weighted by Crippen LogP contribution is 2.27. The summed E-state index contributed by atoms with van der Waals surface area (Å²) in [6, 6.07) is 12.3. The topological polar surface area (TPSA) is 55.1 Å². The van der Waals surface area contributed by atoms with Gasteiger partial charge in [-0.3, -0.25) is 4.79 Å². The van der Waals surface area contributed by atoms with Gasteiger partial charge in [-0.05, 0) is 30.3 Å². The molecule has 0 radical (unpaired) electrons. The molecule has 0 aromatic heterocycles. The van der Waals surface area contributed by atoms with Crippen LogP contribution in [0.1, 0.15) is 0 Å². The van der Waals surface area contributed by atoms with Gasteiger partial charge in [0, 0.05) is 15.6 Å². The fraction of sp³-hybridized carbons (Fsp3) is 0.0714. The molecule has 0 atom stereocenters. The highest BCUT2D eigenvalue weighted by molar-refractivity contribution is 8.00. The van der Waals surface area contributed by atoms with E-state index in [0.717, 1.165) is 4.90 Å². The van der Waals surface area contributed by atoms with Gasteiger partial charge in [-0.2, -0.15) is 0 Å². The van der Waals surface area contributed by atoms with Crippen molar-refractivity contribution >= 4 is 52.2 Å². The van der Waals surface area contributed by atoms with Crippen LogP contribution in [0.15, 0.2) is 47.4 Å². The van der Waals surface area contributed by atoms with Crippen LogP contribution in [-0.4, -0.2) is 11.7 Å². The summed E-state index contributed by atoms with van der Waals surface area (Å²) in [6.45, 7) is 0. The summed E-state index contributed by atoms with van der Waals surface area (Å²) < 4.78 is 0. The fourth-order valence-corrected chi connectivity index (χ4v) is 2.64. The number of thioether (sulfide) groups is 1. The number of nitrogen functional groups attached to an aromatic ring is 1. The van der Waals surface area contributed by atoms with Gasteiger partial charge < -0.3 is 11.1 Å². The van der Waals surface area contributed by atoms with E-state index in [9.17, 15) is 4.79 Å². The van der Waals surface area contributed by atoms with Gasteiger partial charge in [-0.15, -0.1) is 11.8 Å². The third-order valence-electron chi connectivity index (χ3n) is 2.48. The summed E-state index contributed by atoms with van der Waals surface area (Å²) in [6.07, 6.45) is 0. The van der Waals surface area contributed by atoms with E-state index in [1.165, 1.54) is 11.8 Å². The van der Waals surface area contributed by atoms with E-state index in [0.29, 0.717) is 21.4 Å². The molecule has 2 aromatic rings. The molecule has 0 unspecified atom stereocenters. The summed E-state index contributed by atoms with van der Waals surface area (Å²) >= 11 is 13.2. The Balaban J connectivity index is 1.96. The summed E-state index contributed by atoms with van der Waals surface area (Å²) in [5.74, 6) is 0.0827. The molecule has 0 aliphatic rings. The van der Waals surface area contributed by atoms with E-state index in [-0.39, 0.29) is 11.7 Å². The number of para-hydroxylation sites is 1. The van der Waals surface area contributed by atoms with Gasteiger partial charge in [0.25, 0.3) is 0 Å². The van der Waals surface area contributed by atoms with Crippen LogP contribution >= 0.6 is 35.0 Å². The van der Waals surface area contributed by atoms with Crippen LogP contribution in [0.4, 0.5) is 11.4 Å². The molecule has 0 saturated heterocycles. The molecule has 3 N–H and O–H groups in total. The first-order valence-electron chi connectivity index (χ1n) is 5.78. The van der Waals surface area contributed by atoms with Crippen molar-refractivity contribution in [1.82, 2.24) is 0 Å². The lowest BCUT2D eigenvalue weighted by molar-refractivity contribution is -0.113. The number of carbonyl (C=O) groups is 1. The number of hydrogen-bond acceptors (Lipinski definition) is 3. The lowest BCUT2D eigenvalue weighted by Crippen LogP contribution is -2.14. The van der Waals surface area contributed by atoms with Crippen LogP contribution in [0, 0.1) is 0 Å². The fourth-order valence-electron chi connectivity index (χ4n) is 1.53. The molecule has 0 aliphatic heterocycles. The Morgan fingerprint density at radius 2 is 1.95 bits per heavy atom. The maximum Gasteiger partial charge on any atom is 0.234 e. The van der Waals surface area contributed by atoms with E-state index in [2.05, 4.69) is 5.32 Å². The summed E-state index contributed by atoms with van der Waals surface area (Å²) in [4.78, 5) is 12.8. The molecule has 20 heavy (non-hydrogen) atoms. The van der Waals surface area contributed by atoms with Gasteiger partial charge in [0.2, 0.25) is 5.91 Å². The Morgan fingerprint density at radius 3 is 2.70 bits per heavy atom. The molecule has 0 spiro atoms. The minimum atomic E-state index is -0.164. The molecule has 0 saturated carbocycles. The molecule has 1 amide bonds. The average Bonchev–Trinajstić information content (AvgIpc) is 2.42. The van der Waals surface area contributed by atoms with E-state index >= 15 is 0 Å². The number of hydrogen-bond donors (Lipinski definition) is 2. The van der Waals surface area contributed by atoms with Gasteiger partial charge in [-0.1, -0.05) is 35.3 Å². The number of benzene rings is 2. The van der Waals surface area contributed by atoms with Gasteiger partial charge in [0.05, 0.1) is 16.5 Å². The predicted molar refractivity (Wildman–Crippen MR) is 86.7 cm³/mol. The third kappa shape index (κ3) is 4.07. The Hall–Kier alpha value is -1.36. The number of carbonyl (C=O) groups excluding carboxylic acids is 1. The monoisotopic (exact) mass is 326 g/mol. The first kappa shape index (κ1) is 15.0. The Morgan fingerprint density at radius 1 is 1.20 bits per heavy atom. The lowest BCUT2D eigenvalue weighted by atomic mass is 10.3. The van der Waals surface area contributed by atoms with Gasteiger partial charge in [-0.25, -0.2) is 0 Å². The normalized spacial score (nSPS) is 10.3. The minimum Gasteiger partial charge on any atom is -0.398 e. The molecule has 3 nitrogen and oxygen atoms in total. The molecular formula is C14H12Cl2N2OS. The Bertz CT molecular complexity index is 634. The highest BCUT2D eigenvalue weighted by Gasteiger charge is 2.08. The second-order valence-electron chi connectivity index (χ2n) is 4.00. The van der Waals surface area contributed by atoms with Crippen molar-refractivity contribution in [3.8, 4) is 0 Å². The van der Waals surface area contributed by atoms with Crippen LogP contribution in [0.3, 0.4) is 0 Å². The number of anilines is 2.